The lowest BCUT2D eigenvalue weighted by atomic mass is 10.0. The molecule has 0 saturated carbocycles. The van der Waals surface area contributed by atoms with E-state index < -0.39 is 11.9 Å². The van der Waals surface area contributed by atoms with E-state index in [4.69, 9.17) is 16.3 Å². The Hall–Kier alpha value is -3.80. The second kappa shape index (κ2) is 11.7. The number of hydrogen-bond acceptors (Lipinski definition) is 8. The zero-order valence-electron chi connectivity index (χ0n) is 20.2. The van der Waals surface area contributed by atoms with E-state index in [0.717, 1.165) is 17.7 Å². The van der Waals surface area contributed by atoms with E-state index >= 15 is 0 Å². The average molecular weight is 553 g/mol. The maximum atomic E-state index is 13.9. The van der Waals surface area contributed by atoms with Crippen LogP contribution >= 0.6 is 22.9 Å². The van der Waals surface area contributed by atoms with Crippen molar-refractivity contribution in [3.05, 3.63) is 76.6 Å². The number of anilines is 1. The maximum absolute atomic E-state index is 13.9. The van der Waals surface area contributed by atoms with Gasteiger partial charge in [-0.15, -0.1) is 21.5 Å². The van der Waals surface area contributed by atoms with Crippen molar-refractivity contribution >= 4 is 40.4 Å². The number of aromatic hydroxyl groups is 1. The lowest BCUT2D eigenvalue weighted by Gasteiger charge is -2.31. The highest BCUT2D eigenvalue weighted by Crippen LogP contribution is 2.30. The summed E-state index contributed by atoms with van der Waals surface area (Å²) in [5, 5.41) is 27.6. The lowest BCUT2D eigenvalue weighted by Crippen LogP contribution is -2.46. The number of ether oxygens (including phenoxy) is 1. The summed E-state index contributed by atoms with van der Waals surface area (Å²) in [6.45, 7) is 0.731. The van der Waals surface area contributed by atoms with Crippen molar-refractivity contribution in [3.63, 3.8) is 0 Å². The van der Waals surface area contributed by atoms with Crippen molar-refractivity contribution in [2.24, 2.45) is 0 Å². The van der Waals surface area contributed by atoms with Crippen LogP contribution in [0.4, 0.5) is 5.69 Å². The predicted molar refractivity (Wildman–Crippen MR) is 143 cm³/mol. The van der Waals surface area contributed by atoms with Gasteiger partial charge in [-0.2, -0.15) is 4.80 Å². The van der Waals surface area contributed by atoms with Crippen LogP contribution in [0.5, 0.6) is 5.75 Å². The zero-order chi connectivity index (χ0) is 26.5. The largest absolute Gasteiger partial charge is 0.508 e. The first-order valence-electron chi connectivity index (χ1n) is 12.1. The fraction of sp³-hybridized carbons (Fsp3) is 0.269. The number of benzene rings is 2. The minimum atomic E-state index is -1.05. The van der Waals surface area contributed by atoms with Crippen molar-refractivity contribution in [2.45, 2.75) is 31.5 Å². The number of carbonyl (C=O) groups is 2. The van der Waals surface area contributed by atoms with Gasteiger partial charge in [-0.1, -0.05) is 29.8 Å². The highest BCUT2D eigenvalue weighted by atomic mass is 35.5. The summed E-state index contributed by atoms with van der Waals surface area (Å²) in [4.78, 5) is 31.0. The number of phenols is 1. The van der Waals surface area contributed by atoms with E-state index in [2.05, 4.69) is 20.7 Å². The summed E-state index contributed by atoms with van der Waals surface area (Å²) in [5.41, 5.74) is 0.977. The fourth-order valence-corrected chi connectivity index (χ4v) is 5.02. The molecule has 0 radical (unpaired) electrons. The van der Waals surface area contributed by atoms with Crippen LogP contribution in [0.25, 0.3) is 10.7 Å². The maximum Gasteiger partial charge on any atom is 0.251 e. The SMILES string of the molecule is O=C(NC[C@H]1CCCO1)[C@@H](c1ccc(O)cc1)N(C(=O)Cn1nnc(-c2cccs2)n1)c1ccc(Cl)cc1. The molecule has 1 aliphatic heterocycles. The van der Waals surface area contributed by atoms with Crippen LogP contribution < -0.4 is 10.2 Å². The molecule has 1 saturated heterocycles. The van der Waals surface area contributed by atoms with E-state index in [9.17, 15) is 14.7 Å². The van der Waals surface area contributed by atoms with E-state index in [0.29, 0.717) is 35.2 Å². The molecule has 0 bridgehead atoms. The van der Waals surface area contributed by atoms with Gasteiger partial charge in [0.05, 0.1) is 11.0 Å². The number of carbonyl (C=O) groups excluding carboxylic acids is 2. The molecule has 10 nitrogen and oxygen atoms in total. The molecule has 2 N–H and O–H groups in total. The van der Waals surface area contributed by atoms with E-state index in [1.54, 1.807) is 36.4 Å². The Kier molecular flexibility index (Phi) is 7.97. The summed E-state index contributed by atoms with van der Waals surface area (Å²) in [7, 11) is 0. The van der Waals surface area contributed by atoms with Crippen LogP contribution in [0.1, 0.15) is 24.4 Å². The molecule has 1 aliphatic rings. The monoisotopic (exact) mass is 552 g/mol. The quantitative estimate of drug-likeness (QED) is 0.323. The van der Waals surface area contributed by atoms with Crippen LogP contribution in [-0.2, 0) is 20.9 Å². The van der Waals surface area contributed by atoms with Gasteiger partial charge in [-0.3, -0.25) is 14.5 Å². The van der Waals surface area contributed by atoms with Gasteiger partial charge in [0.1, 0.15) is 18.3 Å². The van der Waals surface area contributed by atoms with Gasteiger partial charge in [0.2, 0.25) is 11.7 Å². The topological polar surface area (TPSA) is 122 Å². The second-order valence-corrected chi connectivity index (χ2v) is 10.1. The summed E-state index contributed by atoms with van der Waals surface area (Å²) >= 11 is 7.59. The summed E-state index contributed by atoms with van der Waals surface area (Å²) in [5.74, 6) is -0.368. The first-order valence-corrected chi connectivity index (χ1v) is 13.3. The Bertz CT molecular complexity index is 1370. The molecule has 0 unspecified atom stereocenters. The highest BCUT2D eigenvalue weighted by Gasteiger charge is 2.34. The number of phenolic OH excluding ortho intramolecular Hbond substituents is 1. The summed E-state index contributed by atoms with van der Waals surface area (Å²) in [6.07, 6.45) is 1.72. The molecule has 1 fully saturated rings. The third-order valence-corrected chi connectivity index (χ3v) is 7.21. The van der Waals surface area contributed by atoms with Crippen molar-refractivity contribution in [1.82, 2.24) is 25.5 Å². The predicted octanol–water partition coefficient (Wildman–Crippen LogP) is 3.83. The molecule has 2 amide bonds. The second-order valence-electron chi connectivity index (χ2n) is 8.74. The van der Waals surface area contributed by atoms with E-state index in [1.165, 1.54) is 33.2 Å². The molecule has 0 spiro atoms. The van der Waals surface area contributed by atoms with Crippen LogP contribution in [0.2, 0.25) is 5.02 Å². The van der Waals surface area contributed by atoms with Gasteiger partial charge in [0.15, 0.2) is 0 Å². The first-order chi connectivity index (χ1) is 18.5. The van der Waals surface area contributed by atoms with Gasteiger partial charge >= 0.3 is 0 Å². The molecule has 5 rings (SSSR count). The third-order valence-electron chi connectivity index (χ3n) is 6.09. The molecular weight excluding hydrogens is 528 g/mol. The minimum absolute atomic E-state index is 0.0459. The molecular formula is C26H25ClN6O4S. The summed E-state index contributed by atoms with van der Waals surface area (Å²) in [6, 6.07) is 15.5. The number of halogens is 1. The fourth-order valence-electron chi connectivity index (χ4n) is 4.24. The molecule has 12 heteroatoms. The van der Waals surface area contributed by atoms with Crippen molar-refractivity contribution in [2.75, 3.05) is 18.1 Å². The van der Waals surface area contributed by atoms with Crippen LogP contribution in [0, 0.1) is 0 Å². The Morgan fingerprint density at radius 3 is 2.66 bits per heavy atom. The lowest BCUT2D eigenvalue weighted by molar-refractivity contribution is -0.127. The zero-order valence-corrected chi connectivity index (χ0v) is 21.8. The van der Waals surface area contributed by atoms with Gasteiger partial charge < -0.3 is 15.2 Å². The molecule has 2 atom stereocenters. The number of rotatable bonds is 9. The van der Waals surface area contributed by atoms with E-state index in [1.807, 2.05) is 17.5 Å². The number of aromatic nitrogens is 4. The normalized spacial score (nSPS) is 15.8. The van der Waals surface area contributed by atoms with E-state index in [-0.39, 0.29) is 24.3 Å². The molecule has 2 aromatic carbocycles. The Balaban J connectivity index is 1.48. The molecule has 38 heavy (non-hydrogen) atoms. The van der Waals surface area contributed by atoms with Crippen molar-refractivity contribution in [1.29, 1.82) is 0 Å². The first kappa shape index (κ1) is 25.8. The van der Waals surface area contributed by atoms with Gasteiger partial charge in [0.25, 0.3) is 5.91 Å². The van der Waals surface area contributed by atoms with Gasteiger partial charge in [-0.25, -0.2) is 0 Å². The number of hydrogen-bond donors (Lipinski definition) is 2. The Labute approximate surface area is 227 Å². The number of tetrazole rings is 1. The number of nitrogens with zero attached hydrogens (tertiary/aromatic N) is 5. The number of amides is 2. The van der Waals surface area contributed by atoms with Crippen LogP contribution in [0.15, 0.2) is 66.0 Å². The smallest absolute Gasteiger partial charge is 0.251 e. The third kappa shape index (κ3) is 6.01. The Morgan fingerprint density at radius 1 is 1.18 bits per heavy atom. The molecule has 2 aromatic heterocycles. The van der Waals surface area contributed by atoms with Gasteiger partial charge in [0, 0.05) is 23.9 Å². The minimum Gasteiger partial charge on any atom is -0.508 e. The van der Waals surface area contributed by atoms with Crippen LogP contribution in [-0.4, -0.2) is 56.4 Å². The van der Waals surface area contributed by atoms with Crippen molar-refractivity contribution < 1.29 is 19.4 Å². The Morgan fingerprint density at radius 2 is 1.97 bits per heavy atom. The molecule has 0 aliphatic carbocycles. The molecule has 4 aromatic rings. The number of thiophene rings is 1. The standard InChI is InChI=1S/C26H25ClN6O4S/c27-18-7-9-19(10-8-18)33(23(35)16-32-30-25(29-31-32)22-4-2-14-38-22)24(17-5-11-20(34)12-6-17)26(36)28-15-21-3-1-13-37-21/h2,4-12,14,21,24,34H,1,3,13,15-16H2,(H,28,36)/t21-,24-/m1/s1. The van der Waals surface area contributed by atoms with Crippen LogP contribution in [0.3, 0.4) is 0 Å². The summed E-state index contributed by atoms with van der Waals surface area (Å²) < 4.78 is 5.65. The highest BCUT2D eigenvalue weighted by molar-refractivity contribution is 7.13. The number of nitrogens with one attached hydrogen (secondary N) is 1. The average Bonchev–Trinajstić information content (AvgIpc) is 3.70. The molecule has 196 valence electrons. The van der Waals surface area contributed by atoms with Crippen molar-refractivity contribution in [3.8, 4) is 16.5 Å². The van der Waals surface area contributed by atoms with Gasteiger partial charge in [-0.05, 0) is 71.5 Å². The molecule has 3 heterocycles.